The van der Waals surface area contributed by atoms with Crippen LogP contribution in [0.25, 0.3) is 0 Å². The molecule has 1 aliphatic heterocycles. The molecular formula is C31H41N. The van der Waals surface area contributed by atoms with E-state index in [4.69, 9.17) is 0 Å². The first-order chi connectivity index (χ1) is 15.8. The van der Waals surface area contributed by atoms with Gasteiger partial charge in [-0.05, 0) is 118 Å². The Bertz CT molecular complexity index is 804. The zero-order valence-corrected chi connectivity index (χ0v) is 19.9. The summed E-state index contributed by atoms with van der Waals surface area (Å²) in [7, 11) is 0. The summed E-state index contributed by atoms with van der Waals surface area (Å²) >= 11 is 0. The minimum Gasteiger partial charge on any atom is -0.303 e. The molecule has 1 heteroatoms. The molecular weight excluding hydrogens is 386 g/mol. The SMILES string of the molecule is c1ccc(C(CCCN2CCCCC2)(c2ccccc2)C23CC4CC(CC(C4)C2)C3)cc1. The van der Waals surface area contributed by atoms with E-state index >= 15 is 0 Å². The lowest BCUT2D eigenvalue weighted by atomic mass is 9.40. The predicted molar refractivity (Wildman–Crippen MR) is 134 cm³/mol. The van der Waals surface area contributed by atoms with E-state index in [-0.39, 0.29) is 5.41 Å². The molecule has 2 aromatic carbocycles. The summed E-state index contributed by atoms with van der Waals surface area (Å²) in [6.45, 7) is 3.93. The first kappa shape index (κ1) is 21.0. The topological polar surface area (TPSA) is 3.24 Å². The van der Waals surface area contributed by atoms with Gasteiger partial charge in [0.05, 0.1) is 0 Å². The standard InChI is InChI=1S/C31H41N/c1-4-11-28(12-5-1)31(29-13-6-2-7-14-29,15-10-18-32-16-8-3-9-17-32)30-22-25-19-26(23-30)21-27(20-25)24-30/h1-2,4-7,11-14,25-27H,3,8-10,15-24H2. The van der Waals surface area contributed by atoms with Crippen LogP contribution >= 0.6 is 0 Å². The van der Waals surface area contributed by atoms with E-state index in [0.29, 0.717) is 5.41 Å². The molecule has 5 aliphatic rings. The van der Waals surface area contributed by atoms with Crippen LogP contribution in [0.15, 0.2) is 60.7 Å². The molecule has 0 atom stereocenters. The Balaban J connectivity index is 1.42. The maximum absolute atomic E-state index is 2.75. The van der Waals surface area contributed by atoms with Gasteiger partial charge in [-0.1, -0.05) is 67.1 Å². The molecule has 4 bridgehead atoms. The van der Waals surface area contributed by atoms with Crippen LogP contribution in [0.3, 0.4) is 0 Å². The van der Waals surface area contributed by atoms with Crippen LogP contribution in [0, 0.1) is 23.2 Å². The highest BCUT2D eigenvalue weighted by molar-refractivity contribution is 5.43. The molecule has 5 fully saturated rings. The van der Waals surface area contributed by atoms with E-state index in [1.165, 1.54) is 90.3 Å². The van der Waals surface area contributed by atoms with Gasteiger partial charge in [-0.15, -0.1) is 0 Å². The average molecular weight is 428 g/mol. The molecule has 0 radical (unpaired) electrons. The highest BCUT2D eigenvalue weighted by atomic mass is 15.1. The molecule has 0 unspecified atom stereocenters. The third-order valence-corrected chi connectivity index (χ3v) is 9.95. The van der Waals surface area contributed by atoms with E-state index in [9.17, 15) is 0 Å². The van der Waals surface area contributed by atoms with Gasteiger partial charge in [0, 0.05) is 5.41 Å². The summed E-state index contributed by atoms with van der Waals surface area (Å²) in [5.74, 6) is 2.94. The van der Waals surface area contributed by atoms with Gasteiger partial charge in [0.25, 0.3) is 0 Å². The maximum atomic E-state index is 2.75. The fourth-order valence-corrected chi connectivity index (χ4v) is 9.16. The molecule has 1 nitrogen and oxygen atoms in total. The largest absolute Gasteiger partial charge is 0.303 e. The Morgan fingerprint density at radius 1 is 0.688 bits per heavy atom. The molecule has 1 heterocycles. The number of piperidine rings is 1. The Labute approximate surface area is 195 Å². The molecule has 2 aromatic rings. The number of likely N-dealkylation sites (tertiary alicyclic amines) is 1. The van der Waals surface area contributed by atoms with Crippen LogP contribution in [0.4, 0.5) is 0 Å². The summed E-state index contributed by atoms with van der Waals surface area (Å²) in [4.78, 5) is 2.75. The monoisotopic (exact) mass is 427 g/mol. The van der Waals surface area contributed by atoms with Crippen molar-refractivity contribution in [1.29, 1.82) is 0 Å². The van der Waals surface area contributed by atoms with E-state index in [1.807, 2.05) is 0 Å². The quantitative estimate of drug-likeness (QED) is 0.443. The molecule has 0 spiro atoms. The second-order valence-electron chi connectivity index (χ2n) is 11.8. The van der Waals surface area contributed by atoms with Crippen molar-refractivity contribution in [1.82, 2.24) is 4.90 Å². The van der Waals surface area contributed by atoms with E-state index in [0.717, 1.165) is 17.8 Å². The average Bonchev–Trinajstić information content (AvgIpc) is 2.83. The number of rotatable bonds is 7. The van der Waals surface area contributed by atoms with Gasteiger partial charge in [0.2, 0.25) is 0 Å². The van der Waals surface area contributed by atoms with Crippen molar-refractivity contribution < 1.29 is 0 Å². The highest BCUT2D eigenvalue weighted by Gasteiger charge is 2.61. The fourth-order valence-electron chi connectivity index (χ4n) is 9.16. The third kappa shape index (κ3) is 3.56. The van der Waals surface area contributed by atoms with Crippen molar-refractivity contribution in [2.75, 3.05) is 19.6 Å². The lowest BCUT2D eigenvalue weighted by Gasteiger charge is -2.64. The minimum absolute atomic E-state index is 0.168. The Hall–Kier alpha value is -1.60. The Morgan fingerprint density at radius 3 is 1.69 bits per heavy atom. The second-order valence-corrected chi connectivity index (χ2v) is 11.8. The zero-order chi connectivity index (χ0) is 21.4. The third-order valence-electron chi connectivity index (χ3n) is 9.95. The van der Waals surface area contributed by atoms with Crippen LogP contribution in [-0.2, 0) is 5.41 Å². The minimum atomic E-state index is 0.168. The number of hydrogen-bond donors (Lipinski definition) is 0. The smallest absolute Gasteiger partial charge is 0.0259 e. The Morgan fingerprint density at radius 2 is 1.19 bits per heavy atom. The molecule has 1 saturated heterocycles. The summed E-state index contributed by atoms with van der Waals surface area (Å²) < 4.78 is 0. The lowest BCUT2D eigenvalue weighted by molar-refractivity contribution is -0.0932. The van der Waals surface area contributed by atoms with Crippen molar-refractivity contribution in [2.45, 2.75) is 76.0 Å². The normalized spacial score (nSPS) is 32.3. The summed E-state index contributed by atoms with van der Waals surface area (Å²) in [6.07, 6.45) is 15.8. The van der Waals surface area contributed by atoms with E-state index in [2.05, 4.69) is 65.6 Å². The summed E-state index contributed by atoms with van der Waals surface area (Å²) in [6, 6.07) is 23.6. The molecule has 170 valence electrons. The van der Waals surface area contributed by atoms with Crippen molar-refractivity contribution in [3.8, 4) is 0 Å². The van der Waals surface area contributed by atoms with Crippen LogP contribution in [0.2, 0.25) is 0 Å². The fraction of sp³-hybridized carbons (Fsp3) is 0.613. The molecule has 32 heavy (non-hydrogen) atoms. The number of nitrogens with zero attached hydrogens (tertiary/aromatic N) is 1. The van der Waals surface area contributed by atoms with Crippen molar-refractivity contribution in [3.63, 3.8) is 0 Å². The first-order valence-electron chi connectivity index (χ1n) is 13.6. The van der Waals surface area contributed by atoms with Crippen LogP contribution in [-0.4, -0.2) is 24.5 Å². The van der Waals surface area contributed by atoms with Gasteiger partial charge < -0.3 is 4.90 Å². The highest BCUT2D eigenvalue weighted by Crippen LogP contribution is 2.68. The van der Waals surface area contributed by atoms with E-state index < -0.39 is 0 Å². The molecule has 0 aromatic heterocycles. The van der Waals surface area contributed by atoms with E-state index in [1.54, 1.807) is 11.1 Å². The maximum Gasteiger partial charge on any atom is 0.0259 e. The summed E-state index contributed by atoms with van der Waals surface area (Å²) in [5, 5.41) is 0. The van der Waals surface area contributed by atoms with Gasteiger partial charge in [0.15, 0.2) is 0 Å². The summed E-state index contributed by atoms with van der Waals surface area (Å²) in [5.41, 5.74) is 3.83. The molecule has 4 aliphatic carbocycles. The molecule has 4 saturated carbocycles. The zero-order valence-electron chi connectivity index (χ0n) is 19.9. The Kier molecular flexibility index (Phi) is 5.66. The molecule has 0 amide bonds. The van der Waals surface area contributed by atoms with Gasteiger partial charge in [-0.2, -0.15) is 0 Å². The van der Waals surface area contributed by atoms with Crippen molar-refractivity contribution in [2.24, 2.45) is 23.2 Å². The van der Waals surface area contributed by atoms with Gasteiger partial charge in [-0.3, -0.25) is 0 Å². The second kappa shape index (κ2) is 8.64. The first-order valence-corrected chi connectivity index (χ1v) is 13.6. The van der Waals surface area contributed by atoms with Crippen molar-refractivity contribution >= 4 is 0 Å². The molecule has 0 N–H and O–H groups in total. The number of benzene rings is 2. The number of hydrogen-bond acceptors (Lipinski definition) is 1. The lowest BCUT2D eigenvalue weighted by Crippen LogP contribution is -2.57. The van der Waals surface area contributed by atoms with Crippen LogP contribution < -0.4 is 0 Å². The predicted octanol–water partition coefficient (Wildman–Crippen LogP) is 7.46. The van der Waals surface area contributed by atoms with Gasteiger partial charge in [0.1, 0.15) is 0 Å². The van der Waals surface area contributed by atoms with Crippen LogP contribution in [0.1, 0.15) is 81.8 Å². The van der Waals surface area contributed by atoms with Gasteiger partial charge in [-0.25, -0.2) is 0 Å². The molecule has 7 rings (SSSR count). The van der Waals surface area contributed by atoms with Gasteiger partial charge >= 0.3 is 0 Å². The van der Waals surface area contributed by atoms with Crippen LogP contribution in [0.5, 0.6) is 0 Å². The van der Waals surface area contributed by atoms with Crippen molar-refractivity contribution in [3.05, 3.63) is 71.8 Å².